The number of benzene rings is 2. The molecule has 2 aromatic rings. The molecule has 6 nitrogen and oxygen atoms in total. The fraction of sp³-hybridized carbons (Fsp3) is 0.391. The van der Waals surface area contributed by atoms with Gasteiger partial charge in [-0.25, -0.2) is 0 Å². The predicted octanol–water partition coefficient (Wildman–Crippen LogP) is 3.64. The molecule has 154 valence electrons. The van der Waals surface area contributed by atoms with Crippen molar-refractivity contribution in [2.24, 2.45) is 5.92 Å². The Morgan fingerprint density at radius 3 is 2.34 bits per heavy atom. The normalized spacial score (nSPS) is 14.1. The van der Waals surface area contributed by atoms with E-state index >= 15 is 0 Å². The summed E-state index contributed by atoms with van der Waals surface area (Å²) in [5.74, 6) is 0.778. The van der Waals surface area contributed by atoms with Crippen molar-refractivity contribution in [3.8, 4) is 5.75 Å². The molecule has 1 saturated heterocycles. The minimum Gasteiger partial charge on any atom is -0.494 e. The van der Waals surface area contributed by atoms with E-state index < -0.39 is 0 Å². The maximum atomic E-state index is 12.5. The van der Waals surface area contributed by atoms with Crippen molar-refractivity contribution in [1.82, 2.24) is 4.90 Å². The highest BCUT2D eigenvalue weighted by molar-refractivity contribution is 6.04. The fourth-order valence-corrected chi connectivity index (χ4v) is 3.40. The Hall–Kier alpha value is -3.02. The van der Waals surface area contributed by atoms with E-state index in [4.69, 9.17) is 4.74 Å². The molecule has 1 heterocycles. The number of rotatable bonds is 6. The van der Waals surface area contributed by atoms with Gasteiger partial charge < -0.3 is 19.9 Å². The second kappa shape index (κ2) is 9.45. The Morgan fingerprint density at radius 2 is 1.72 bits per heavy atom. The first-order valence-electron chi connectivity index (χ1n) is 10.2. The van der Waals surface area contributed by atoms with E-state index in [1.807, 2.05) is 62.1 Å². The molecule has 2 aromatic carbocycles. The van der Waals surface area contributed by atoms with E-state index in [1.54, 1.807) is 12.1 Å². The summed E-state index contributed by atoms with van der Waals surface area (Å²) in [7, 11) is 0. The molecule has 0 saturated carbocycles. The molecule has 1 aliphatic rings. The van der Waals surface area contributed by atoms with Crippen LogP contribution in [-0.2, 0) is 4.79 Å². The molecule has 6 heteroatoms. The summed E-state index contributed by atoms with van der Waals surface area (Å²) in [6.07, 6.45) is 0. The molecule has 29 heavy (non-hydrogen) atoms. The van der Waals surface area contributed by atoms with Crippen molar-refractivity contribution in [1.29, 1.82) is 0 Å². The first-order valence-corrected chi connectivity index (χ1v) is 10.2. The number of carbonyl (C=O) groups is 2. The molecule has 0 unspecified atom stereocenters. The fourth-order valence-electron chi connectivity index (χ4n) is 3.40. The second-order valence-corrected chi connectivity index (χ2v) is 7.43. The van der Waals surface area contributed by atoms with Crippen molar-refractivity contribution in [2.75, 3.05) is 43.0 Å². The standard InChI is InChI=1S/C23H29N3O3/c1-4-29-21-7-5-6-18(16-21)22(27)24-19-8-10-20(11-9-19)25-12-14-26(15-13-25)23(28)17(2)3/h5-11,16-17H,4,12-15H2,1-3H3,(H,24,27). The van der Waals surface area contributed by atoms with Gasteiger partial charge in [-0.2, -0.15) is 0 Å². The van der Waals surface area contributed by atoms with Crippen LogP contribution in [0.3, 0.4) is 0 Å². The Kier molecular flexibility index (Phi) is 6.75. The van der Waals surface area contributed by atoms with Crippen molar-refractivity contribution in [3.05, 3.63) is 54.1 Å². The Bertz CT molecular complexity index is 841. The van der Waals surface area contributed by atoms with Crippen LogP contribution in [0.25, 0.3) is 0 Å². The van der Waals surface area contributed by atoms with Crippen molar-refractivity contribution >= 4 is 23.2 Å². The molecule has 0 atom stereocenters. The third-order valence-corrected chi connectivity index (χ3v) is 4.98. The maximum absolute atomic E-state index is 12.5. The van der Waals surface area contributed by atoms with Gasteiger partial charge in [-0.05, 0) is 49.4 Å². The lowest BCUT2D eigenvalue weighted by Crippen LogP contribution is -2.49. The van der Waals surface area contributed by atoms with Crippen LogP contribution in [-0.4, -0.2) is 49.5 Å². The monoisotopic (exact) mass is 395 g/mol. The van der Waals surface area contributed by atoms with Crippen LogP contribution in [0.2, 0.25) is 0 Å². The molecule has 0 bridgehead atoms. The van der Waals surface area contributed by atoms with E-state index in [0.29, 0.717) is 17.9 Å². The number of piperazine rings is 1. The van der Waals surface area contributed by atoms with Gasteiger partial charge in [-0.1, -0.05) is 19.9 Å². The van der Waals surface area contributed by atoms with Crippen molar-refractivity contribution in [3.63, 3.8) is 0 Å². The average molecular weight is 396 g/mol. The largest absolute Gasteiger partial charge is 0.494 e. The van der Waals surface area contributed by atoms with Gasteiger partial charge in [0, 0.05) is 49.0 Å². The number of anilines is 2. The number of hydrogen-bond donors (Lipinski definition) is 1. The summed E-state index contributed by atoms with van der Waals surface area (Å²) in [6.45, 7) is 9.46. The van der Waals surface area contributed by atoms with Crippen LogP contribution in [0, 0.1) is 5.92 Å². The summed E-state index contributed by atoms with van der Waals surface area (Å²) in [5, 5.41) is 2.93. The number of carbonyl (C=O) groups excluding carboxylic acids is 2. The molecule has 2 amide bonds. The van der Waals surface area contributed by atoms with Crippen LogP contribution in [0.4, 0.5) is 11.4 Å². The number of nitrogens with zero attached hydrogens (tertiary/aromatic N) is 2. The second-order valence-electron chi connectivity index (χ2n) is 7.43. The Morgan fingerprint density at radius 1 is 1.03 bits per heavy atom. The SMILES string of the molecule is CCOc1cccc(C(=O)Nc2ccc(N3CCN(C(=O)C(C)C)CC3)cc2)c1. The van der Waals surface area contributed by atoms with Crippen LogP contribution >= 0.6 is 0 Å². The molecule has 0 aliphatic carbocycles. The lowest BCUT2D eigenvalue weighted by molar-refractivity contribution is -0.134. The summed E-state index contributed by atoms with van der Waals surface area (Å²) < 4.78 is 5.46. The van der Waals surface area contributed by atoms with E-state index in [9.17, 15) is 9.59 Å². The van der Waals surface area contributed by atoms with Crippen LogP contribution in [0.5, 0.6) is 5.75 Å². The van der Waals surface area contributed by atoms with Crippen molar-refractivity contribution in [2.45, 2.75) is 20.8 Å². The zero-order chi connectivity index (χ0) is 20.8. The lowest BCUT2D eigenvalue weighted by atomic mass is 10.1. The molecule has 3 rings (SSSR count). The van der Waals surface area contributed by atoms with Crippen LogP contribution in [0.15, 0.2) is 48.5 Å². The molecule has 0 radical (unpaired) electrons. The Labute approximate surface area is 172 Å². The van der Waals surface area contributed by atoms with E-state index in [0.717, 1.165) is 37.6 Å². The highest BCUT2D eigenvalue weighted by Gasteiger charge is 2.22. The first kappa shape index (κ1) is 20.7. The number of hydrogen-bond acceptors (Lipinski definition) is 4. The third kappa shape index (κ3) is 5.28. The first-order chi connectivity index (χ1) is 14.0. The van der Waals surface area contributed by atoms with Gasteiger partial charge >= 0.3 is 0 Å². The molecular weight excluding hydrogens is 366 g/mol. The quantitative estimate of drug-likeness (QED) is 0.811. The highest BCUT2D eigenvalue weighted by atomic mass is 16.5. The van der Waals surface area contributed by atoms with Gasteiger partial charge in [0.1, 0.15) is 5.75 Å². The van der Waals surface area contributed by atoms with Gasteiger partial charge in [0.15, 0.2) is 0 Å². The molecule has 1 N–H and O–H groups in total. The minimum absolute atomic E-state index is 0.0404. The smallest absolute Gasteiger partial charge is 0.255 e. The number of ether oxygens (including phenoxy) is 1. The molecule has 0 aromatic heterocycles. The minimum atomic E-state index is -0.167. The van der Waals surface area contributed by atoms with E-state index in [1.165, 1.54) is 0 Å². The molecule has 1 aliphatic heterocycles. The summed E-state index contributed by atoms with van der Waals surface area (Å²) in [6, 6.07) is 15.0. The topological polar surface area (TPSA) is 61.9 Å². The zero-order valence-corrected chi connectivity index (χ0v) is 17.4. The predicted molar refractivity (Wildman–Crippen MR) is 116 cm³/mol. The molecular formula is C23H29N3O3. The lowest BCUT2D eigenvalue weighted by Gasteiger charge is -2.37. The summed E-state index contributed by atoms with van der Waals surface area (Å²) in [4.78, 5) is 28.8. The third-order valence-electron chi connectivity index (χ3n) is 4.98. The number of nitrogens with one attached hydrogen (secondary N) is 1. The van der Waals surface area contributed by atoms with E-state index in [2.05, 4.69) is 10.2 Å². The number of amides is 2. The van der Waals surface area contributed by atoms with Gasteiger partial charge in [0.05, 0.1) is 6.61 Å². The van der Waals surface area contributed by atoms with Gasteiger partial charge in [-0.15, -0.1) is 0 Å². The van der Waals surface area contributed by atoms with Crippen LogP contribution in [0.1, 0.15) is 31.1 Å². The zero-order valence-electron chi connectivity index (χ0n) is 17.4. The Balaban J connectivity index is 1.57. The van der Waals surface area contributed by atoms with E-state index in [-0.39, 0.29) is 17.7 Å². The maximum Gasteiger partial charge on any atom is 0.255 e. The van der Waals surface area contributed by atoms with Gasteiger partial charge in [0.2, 0.25) is 5.91 Å². The molecule has 0 spiro atoms. The average Bonchev–Trinajstić information content (AvgIpc) is 2.74. The summed E-state index contributed by atoms with van der Waals surface area (Å²) in [5.41, 5.74) is 2.40. The van der Waals surface area contributed by atoms with Crippen molar-refractivity contribution < 1.29 is 14.3 Å². The van der Waals surface area contributed by atoms with Crippen LogP contribution < -0.4 is 15.0 Å². The molecule has 1 fully saturated rings. The van der Waals surface area contributed by atoms with Gasteiger partial charge in [-0.3, -0.25) is 9.59 Å². The highest BCUT2D eigenvalue weighted by Crippen LogP contribution is 2.21. The van der Waals surface area contributed by atoms with Gasteiger partial charge in [0.25, 0.3) is 5.91 Å². The summed E-state index contributed by atoms with van der Waals surface area (Å²) >= 11 is 0.